The molecule has 0 heterocycles. The first kappa shape index (κ1) is 12.7. The van der Waals surface area contributed by atoms with E-state index < -0.39 is 5.60 Å². The standard InChI is InChI=1S/C14H18O2/c1-3-10-14(12-15,16-11-4-2)13-8-6-5-7-9-13/h3-9,15H,1-2,10-12H2. The van der Waals surface area contributed by atoms with Gasteiger partial charge in [-0.15, -0.1) is 13.2 Å². The van der Waals surface area contributed by atoms with Crippen LogP contribution in [0, 0.1) is 0 Å². The van der Waals surface area contributed by atoms with Crippen LogP contribution in [0.3, 0.4) is 0 Å². The Balaban J connectivity index is 3.00. The van der Waals surface area contributed by atoms with Crippen LogP contribution in [-0.2, 0) is 10.3 Å². The fraction of sp³-hybridized carbons (Fsp3) is 0.286. The molecular weight excluding hydrogens is 200 g/mol. The Labute approximate surface area is 96.9 Å². The lowest BCUT2D eigenvalue weighted by Crippen LogP contribution is -2.33. The maximum absolute atomic E-state index is 9.58. The summed E-state index contributed by atoms with van der Waals surface area (Å²) in [7, 11) is 0. The summed E-state index contributed by atoms with van der Waals surface area (Å²) in [6, 6.07) is 9.69. The van der Waals surface area contributed by atoms with E-state index in [2.05, 4.69) is 13.2 Å². The van der Waals surface area contributed by atoms with Gasteiger partial charge in [-0.3, -0.25) is 0 Å². The smallest absolute Gasteiger partial charge is 0.120 e. The van der Waals surface area contributed by atoms with Crippen molar-refractivity contribution in [1.29, 1.82) is 0 Å². The molecule has 16 heavy (non-hydrogen) atoms. The van der Waals surface area contributed by atoms with Crippen LogP contribution in [0.1, 0.15) is 12.0 Å². The van der Waals surface area contributed by atoms with E-state index in [1.54, 1.807) is 12.2 Å². The van der Waals surface area contributed by atoms with Gasteiger partial charge in [0.05, 0.1) is 13.2 Å². The van der Waals surface area contributed by atoms with Crippen molar-refractivity contribution in [2.24, 2.45) is 0 Å². The Morgan fingerprint density at radius 2 is 1.88 bits per heavy atom. The van der Waals surface area contributed by atoms with Crippen molar-refractivity contribution in [3.8, 4) is 0 Å². The highest BCUT2D eigenvalue weighted by molar-refractivity contribution is 5.23. The number of ether oxygens (including phenoxy) is 1. The van der Waals surface area contributed by atoms with Gasteiger partial charge < -0.3 is 9.84 Å². The zero-order valence-corrected chi connectivity index (χ0v) is 9.43. The summed E-state index contributed by atoms with van der Waals surface area (Å²) in [6.45, 7) is 7.66. The molecule has 2 heteroatoms. The van der Waals surface area contributed by atoms with Gasteiger partial charge in [0.15, 0.2) is 0 Å². The lowest BCUT2D eigenvalue weighted by molar-refractivity contribution is -0.0717. The maximum Gasteiger partial charge on any atom is 0.120 e. The minimum absolute atomic E-state index is 0.0725. The van der Waals surface area contributed by atoms with Crippen molar-refractivity contribution < 1.29 is 9.84 Å². The van der Waals surface area contributed by atoms with E-state index >= 15 is 0 Å². The fourth-order valence-electron chi connectivity index (χ4n) is 1.66. The molecule has 1 rings (SSSR count). The van der Waals surface area contributed by atoms with Gasteiger partial charge >= 0.3 is 0 Å². The molecule has 0 spiro atoms. The van der Waals surface area contributed by atoms with Gasteiger partial charge in [-0.25, -0.2) is 0 Å². The molecule has 0 fully saturated rings. The minimum Gasteiger partial charge on any atom is -0.393 e. The van der Waals surface area contributed by atoms with Crippen molar-refractivity contribution in [2.45, 2.75) is 12.0 Å². The van der Waals surface area contributed by atoms with Gasteiger partial charge in [-0.05, 0) is 5.56 Å². The number of hydrogen-bond donors (Lipinski definition) is 1. The predicted molar refractivity (Wildman–Crippen MR) is 66.2 cm³/mol. The highest BCUT2D eigenvalue weighted by Crippen LogP contribution is 2.29. The van der Waals surface area contributed by atoms with Crippen molar-refractivity contribution in [3.05, 3.63) is 61.2 Å². The molecule has 0 aliphatic heterocycles. The van der Waals surface area contributed by atoms with Gasteiger partial charge in [-0.1, -0.05) is 42.5 Å². The average Bonchev–Trinajstić information content (AvgIpc) is 2.36. The van der Waals surface area contributed by atoms with Gasteiger partial charge in [-0.2, -0.15) is 0 Å². The molecule has 1 aromatic rings. The third kappa shape index (κ3) is 2.81. The molecule has 1 aromatic carbocycles. The first-order valence-corrected chi connectivity index (χ1v) is 5.31. The lowest BCUT2D eigenvalue weighted by Gasteiger charge is -2.31. The first-order chi connectivity index (χ1) is 7.79. The summed E-state index contributed by atoms with van der Waals surface area (Å²) < 4.78 is 5.72. The quantitative estimate of drug-likeness (QED) is 0.713. The molecule has 0 aliphatic carbocycles. The molecule has 1 atom stereocenters. The first-order valence-electron chi connectivity index (χ1n) is 5.31. The summed E-state index contributed by atoms with van der Waals surface area (Å²) in [5.41, 5.74) is 0.260. The zero-order valence-electron chi connectivity index (χ0n) is 9.43. The van der Waals surface area contributed by atoms with Crippen LogP contribution >= 0.6 is 0 Å². The van der Waals surface area contributed by atoms with E-state index in [1.165, 1.54) is 0 Å². The Kier molecular flexibility index (Phi) is 4.96. The normalized spacial score (nSPS) is 14.1. The van der Waals surface area contributed by atoms with Crippen molar-refractivity contribution in [1.82, 2.24) is 0 Å². The molecular formula is C14H18O2. The van der Waals surface area contributed by atoms with Crippen LogP contribution in [-0.4, -0.2) is 18.3 Å². The number of aliphatic hydroxyl groups is 1. The van der Waals surface area contributed by atoms with E-state index in [0.29, 0.717) is 13.0 Å². The molecule has 1 unspecified atom stereocenters. The highest BCUT2D eigenvalue weighted by Gasteiger charge is 2.30. The van der Waals surface area contributed by atoms with E-state index in [1.807, 2.05) is 30.3 Å². The second-order valence-corrected chi connectivity index (χ2v) is 3.61. The van der Waals surface area contributed by atoms with Gasteiger partial charge in [0.25, 0.3) is 0 Å². The largest absolute Gasteiger partial charge is 0.393 e. The van der Waals surface area contributed by atoms with Crippen LogP contribution in [0.15, 0.2) is 55.6 Å². The van der Waals surface area contributed by atoms with Crippen LogP contribution in [0.2, 0.25) is 0 Å². The molecule has 0 saturated carbocycles. The third-order valence-corrected chi connectivity index (χ3v) is 2.51. The Morgan fingerprint density at radius 3 is 2.38 bits per heavy atom. The predicted octanol–water partition coefficient (Wildman–Crippen LogP) is 2.65. The van der Waals surface area contributed by atoms with E-state index in [0.717, 1.165) is 5.56 Å². The van der Waals surface area contributed by atoms with E-state index in [9.17, 15) is 5.11 Å². The second-order valence-electron chi connectivity index (χ2n) is 3.61. The number of aliphatic hydroxyl groups excluding tert-OH is 1. The summed E-state index contributed by atoms with van der Waals surface area (Å²) in [4.78, 5) is 0. The van der Waals surface area contributed by atoms with Gasteiger partial charge in [0.1, 0.15) is 5.60 Å². The number of rotatable bonds is 7. The van der Waals surface area contributed by atoms with Gasteiger partial charge in [0.2, 0.25) is 0 Å². The van der Waals surface area contributed by atoms with E-state index in [-0.39, 0.29) is 6.61 Å². The zero-order chi connectivity index (χ0) is 11.9. The molecule has 1 N–H and O–H groups in total. The van der Waals surface area contributed by atoms with Crippen LogP contribution < -0.4 is 0 Å². The molecule has 0 saturated heterocycles. The molecule has 86 valence electrons. The third-order valence-electron chi connectivity index (χ3n) is 2.51. The summed E-state index contributed by atoms with van der Waals surface area (Å²) in [5.74, 6) is 0. The van der Waals surface area contributed by atoms with E-state index in [4.69, 9.17) is 4.74 Å². The molecule has 0 aromatic heterocycles. The molecule has 0 radical (unpaired) electrons. The van der Waals surface area contributed by atoms with Crippen molar-refractivity contribution in [2.75, 3.05) is 13.2 Å². The molecule has 2 nitrogen and oxygen atoms in total. The number of benzene rings is 1. The van der Waals surface area contributed by atoms with Crippen LogP contribution in [0.5, 0.6) is 0 Å². The highest BCUT2D eigenvalue weighted by atomic mass is 16.5. The number of hydrogen-bond acceptors (Lipinski definition) is 2. The molecule has 0 amide bonds. The second kappa shape index (κ2) is 6.26. The van der Waals surface area contributed by atoms with Gasteiger partial charge in [0, 0.05) is 6.42 Å². The van der Waals surface area contributed by atoms with Crippen molar-refractivity contribution >= 4 is 0 Å². The Morgan fingerprint density at radius 1 is 1.19 bits per heavy atom. The summed E-state index contributed by atoms with van der Waals surface area (Å²) in [6.07, 6.45) is 4.00. The summed E-state index contributed by atoms with van der Waals surface area (Å²) in [5, 5.41) is 9.58. The molecule has 0 bridgehead atoms. The average molecular weight is 218 g/mol. The minimum atomic E-state index is -0.697. The Bertz CT molecular complexity index is 332. The molecule has 0 aliphatic rings. The van der Waals surface area contributed by atoms with Crippen LogP contribution in [0.4, 0.5) is 0 Å². The monoisotopic (exact) mass is 218 g/mol. The topological polar surface area (TPSA) is 29.5 Å². The van der Waals surface area contributed by atoms with Crippen molar-refractivity contribution in [3.63, 3.8) is 0 Å². The SMILES string of the molecule is C=CCOC(CO)(CC=C)c1ccccc1. The van der Waals surface area contributed by atoms with Crippen LogP contribution in [0.25, 0.3) is 0 Å². The summed E-state index contributed by atoms with van der Waals surface area (Å²) >= 11 is 0. The maximum atomic E-state index is 9.58. The lowest BCUT2D eigenvalue weighted by atomic mass is 9.91. The fourth-order valence-corrected chi connectivity index (χ4v) is 1.66. The Hall–Kier alpha value is -1.38.